The number of nitrogens with zero attached hydrogens (tertiary/aromatic N) is 1. The number of ether oxygens (including phenoxy) is 1. The Labute approximate surface area is 167 Å². The van der Waals surface area contributed by atoms with E-state index in [1.807, 2.05) is 0 Å². The first kappa shape index (κ1) is 19.7. The van der Waals surface area contributed by atoms with Crippen molar-refractivity contribution in [3.63, 3.8) is 0 Å². The Kier molecular flexibility index (Phi) is 5.20. The molecule has 1 aromatic rings. The van der Waals surface area contributed by atoms with E-state index in [2.05, 4.69) is 10.6 Å². The summed E-state index contributed by atoms with van der Waals surface area (Å²) in [5, 5.41) is 5.69. The van der Waals surface area contributed by atoms with Crippen molar-refractivity contribution in [1.29, 1.82) is 0 Å². The predicted molar refractivity (Wildman–Crippen MR) is 102 cm³/mol. The third kappa shape index (κ3) is 3.57. The smallest absolute Gasteiger partial charge is 0.262 e. The first-order valence-electron chi connectivity index (χ1n) is 9.81. The minimum atomic E-state index is -0.954. The number of rotatable bonds is 5. The first-order valence-corrected chi connectivity index (χ1v) is 9.81. The largest absolute Gasteiger partial charge is 0.381 e. The maximum Gasteiger partial charge on any atom is 0.262 e. The SMILES string of the molecule is NCC1(NCc2ccc3c(c2)C(=O)N(C2CCC(=O)NC2=O)C3=O)CCOCC1. The van der Waals surface area contributed by atoms with Gasteiger partial charge in [0.25, 0.3) is 11.8 Å². The van der Waals surface area contributed by atoms with Crippen LogP contribution in [0.5, 0.6) is 0 Å². The van der Waals surface area contributed by atoms with Crippen molar-refractivity contribution in [2.24, 2.45) is 5.73 Å². The molecule has 0 radical (unpaired) electrons. The Morgan fingerprint density at radius 3 is 2.55 bits per heavy atom. The fourth-order valence-corrected chi connectivity index (χ4v) is 4.13. The van der Waals surface area contributed by atoms with Gasteiger partial charge in [0.05, 0.1) is 11.1 Å². The lowest BCUT2D eigenvalue weighted by Gasteiger charge is -2.37. The minimum Gasteiger partial charge on any atom is -0.381 e. The van der Waals surface area contributed by atoms with Crippen LogP contribution in [-0.2, 0) is 20.9 Å². The fraction of sp³-hybridized carbons (Fsp3) is 0.500. The van der Waals surface area contributed by atoms with E-state index in [1.165, 1.54) is 0 Å². The van der Waals surface area contributed by atoms with Crippen molar-refractivity contribution in [3.8, 4) is 0 Å². The summed E-state index contributed by atoms with van der Waals surface area (Å²) in [6.07, 6.45) is 1.87. The van der Waals surface area contributed by atoms with Crippen molar-refractivity contribution in [2.45, 2.75) is 43.8 Å². The van der Waals surface area contributed by atoms with Crippen molar-refractivity contribution >= 4 is 23.6 Å². The van der Waals surface area contributed by atoms with Crippen LogP contribution in [0, 0.1) is 0 Å². The molecule has 1 aromatic carbocycles. The number of fused-ring (bicyclic) bond motifs is 1. The molecule has 154 valence electrons. The number of hydrogen-bond donors (Lipinski definition) is 3. The van der Waals surface area contributed by atoms with Gasteiger partial charge < -0.3 is 15.8 Å². The average molecular weight is 400 g/mol. The minimum absolute atomic E-state index is 0.101. The third-order valence-corrected chi connectivity index (χ3v) is 6.01. The topological polar surface area (TPSA) is 131 Å². The van der Waals surface area contributed by atoms with E-state index in [4.69, 9.17) is 10.5 Å². The number of imide groups is 2. The Hall–Kier alpha value is -2.62. The lowest BCUT2D eigenvalue weighted by Crippen LogP contribution is -2.54. The van der Waals surface area contributed by atoms with E-state index in [0.717, 1.165) is 23.3 Å². The second-order valence-corrected chi connectivity index (χ2v) is 7.78. The summed E-state index contributed by atoms with van der Waals surface area (Å²) < 4.78 is 5.41. The second-order valence-electron chi connectivity index (χ2n) is 7.78. The zero-order valence-electron chi connectivity index (χ0n) is 16.0. The maximum absolute atomic E-state index is 12.9. The number of amides is 4. The van der Waals surface area contributed by atoms with Gasteiger partial charge in [-0.2, -0.15) is 0 Å². The Morgan fingerprint density at radius 1 is 1.14 bits per heavy atom. The number of carbonyl (C=O) groups excluding carboxylic acids is 4. The van der Waals surface area contributed by atoms with Crippen LogP contribution < -0.4 is 16.4 Å². The fourth-order valence-electron chi connectivity index (χ4n) is 4.13. The molecule has 0 bridgehead atoms. The summed E-state index contributed by atoms with van der Waals surface area (Å²) in [6.45, 7) is 2.30. The highest BCUT2D eigenvalue weighted by Crippen LogP contribution is 2.28. The summed E-state index contributed by atoms with van der Waals surface area (Å²) in [7, 11) is 0. The predicted octanol–water partition coefficient (Wildman–Crippen LogP) is -0.315. The monoisotopic (exact) mass is 400 g/mol. The number of hydrogen-bond acceptors (Lipinski definition) is 7. The van der Waals surface area contributed by atoms with Gasteiger partial charge in [-0.1, -0.05) is 6.07 Å². The summed E-state index contributed by atoms with van der Waals surface area (Å²) in [4.78, 5) is 50.1. The molecule has 9 nitrogen and oxygen atoms in total. The lowest BCUT2D eigenvalue weighted by atomic mass is 9.90. The van der Waals surface area contributed by atoms with E-state index in [1.54, 1.807) is 18.2 Å². The average Bonchev–Trinajstić information content (AvgIpc) is 2.97. The molecule has 2 saturated heterocycles. The van der Waals surface area contributed by atoms with Crippen molar-refractivity contribution < 1.29 is 23.9 Å². The third-order valence-electron chi connectivity index (χ3n) is 6.01. The van der Waals surface area contributed by atoms with Crippen molar-refractivity contribution in [2.75, 3.05) is 19.8 Å². The summed E-state index contributed by atoms with van der Waals surface area (Å²) in [6, 6.07) is 4.16. The second kappa shape index (κ2) is 7.66. The molecular weight excluding hydrogens is 376 g/mol. The summed E-state index contributed by atoms with van der Waals surface area (Å²) in [5.74, 6) is -2.00. The van der Waals surface area contributed by atoms with Gasteiger partial charge in [-0.05, 0) is 37.0 Å². The Bertz CT molecular complexity index is 878. The highest BCUT2D eigenvalue weighted by atomic mass is 16.5. The molecule has 3 heterocycles. The Balaban J connectivity index is 1.51. The molecule has 0 spiro atoms. The van der Waals surface area contributed by atoms with E-state index >= 15 is 0 Å². The molecule has 0 aliphatic carbocycles. The number of nitrogens with two attached hydrogens (primary N) is 1. The van der Waals surface area contributed by atoms with Crippen molar-refractivity contribution in [1.82, 2.24) is 15.5 Å². The number of nitrogens with one attached hydrogen (secondary N) is 2. The normalized spacial score (nSPS) is 23.9. The van der Waals surface area contributed by atoms with Crippen LogP contribution in [0.1, 0.15) is 52.0 Å². The van der Waals surface area contributed by atoms with Gasteiger partial charge in [-0.25, -0.2) is 0 Å². The zero-order chi connectivity index (χ0) is 20.6. The maximum atomic E-state index is 12.9. The molecule has 9 heteroatoms. The summed E-state index contributed by atoms with van der Waals surface area (Å²) >= 11 is 0. The van der Waals surface area contributed by atoms with Crippen molar-refractivity contribution in [3.05, 3.63) is 34.9 Å². The molecule has 1 atom stereocenters. The van der Waals surface area contributed by atoms with Crippen LogP contribution in [0.4, 0.5) is 0 Å². The number of carbonyl (C=O) groups is 4. The quantitative estimate of drug-likeness (QED) is 0.578. The molecule has 4 amide bonds. The molecule has 3 aliphatic rings. The summed E-state index contributed by atoms with van der Waals surface area (Å²) in [5.41, 5.74) is 7.19. The highest BCUT2D eigenvalue weighted by molar-refractivity contribution is 6.23. The van der Waals surface area contributed by atoms with Gasteiger partial charge in [0.15, 0.2) is 0 Å². The van der Waals surface area contributed by atoms with E-state index in [0.29, 0.717) is 26.3 Å². The van der Waals surface area contributed by atoms with E-state index in [9.17, 15) is 19.2 Å². The molecule has 2 fully saturated rings. The molecule has 3 aliphatic heterocycles. The molecule has 29 heavy (non-hydrogen) atoms. The van der Waals surface area contributed by atoms with Gasteiger partial charge >= 0.3 is 0 Å². The van der Waals surface area contributed by atoms with Crippen LogP contribution in [0.2, 0.25) is 0 Å². The van der Waals surface area contributed by atoms with E-state index < -0.39 is 29.7 Å². The van der Waals surface area contributed by atoms with Gasteiger partial charge in [0.2, 0.25) is 11.8 Å². The van der Waals surface area contributed by atoms with Gasteiger partial charge in [0, 0.05) is 38.3 Å². The van der Waals surface area contributed by atoms with Gasteiger partial charge in [-0.15, -0.1) is 0 Å². The van der Waals surface area contributed by atoms with Crippen LogP contribution in [-0.4, -0.2) is 59.9 Å². The van der Waals surface area contributed by atoms with Crippen LogP contribution in [0.3, 0.4) is 0 Å². The molecule has 4 N–H and O–H groups in total. The van der Waals surface area contributed by atoms with Gasteiger partial charge in [0.1, 0.15) is 6.04 Å². The molecule has 0 aromatic heterocycles. The lowest BCUT2D eigenvalue weighted by molar-refractivity contribution is -0.136. The zero-order valence-corrected chi connectivity index (χ0v) is 16.0. The molecule has 4 rings (SSSR count). The standard InChI is InChI=1S/C20H24N4O5/c21-11-20(5-7-29-8-6-20)22-10-12-1-2-13-14(9-12)19(28)24(18(13)27)15-3-4-16(25)23-17(15)26/h1-2,9,15,22H,3-8,10-11,21H2,(H,23,25,26). The van der Waals surface area contributed by atoms with Crippen LogP contribution >= 0.6 is 0 Å². The van der Waals surface area contributed by atoms with E-state index in [-0.39, 0.29) is 29.5 Å². The first-order chi connectivity index (χ1) is 13.9. The van der Waals surface area contributed by atoms with Gasteiger partial charge in [-0.3, -0.25) is 29.4 Å². The molecular formula is C20H24N4O5. The van der Waals surface area contributed by atoms with Crippen LogP contribution in [0.25, 0.3) is 0 Å². The number of benzene rings is 1. The Morgan fingerprint density at radius 2 is 1.86 bits per heavy atom. The van der Waals surface area contributed by atoms with Crippen LogP contribution in [0.15, 0.2) is 18.2 Å². The highest BCUT2D eigenvalue weighted by Gasteiger charge is 2.44. The molecule has 1 unspecified atom stereocenters. The number of piperidine rings is 1. The molecule has 0 saturated carbocycles.